The Morgan fingerprint density at radius 2 is 1.58 bits per heavy atom. The summed E-state index contributed by atoms with van der Waals surface area (Å²) in [5, 5.41) is 0.502. The quantitative estimate of drug-likeness (QED) is 0.447. The van der Waals surface area contributed by atoms with Crippen molar-refractivity contribution in [2.75, 3.05) is 6.61 Å². The largest absolute Gasteiger partial charge is 0.376 e. The van der Waals surface area contributed by atoms with Crippen molar-refractivity contribution in [1.29, 1.82) is 0 Å². The minimum atomic E-state index is -0.731. The van der Waals surface area contributed by atoms with Crippen molar-refractivity contribution >= 4 is 23.6 Å². The number of nitrogens with zero attached hydrogens (tertiary/aromatic N) is 1. The number of carbonyl (C=O) groups excluding carboxylic acids is 4. The fraction of sp³-hybridized carbons (Fsp3) is 0.765. The summed E-state index contributed by atoms with van der Waals surface area (Å²) in [7, 11) is 0. The Morgan fingerprint density at radius 3 is 2.17 bits per heavy atom. The minimum absolute atomic E-state index is 0.0252. The summed E-state index contributed by atoms with van der Waals surface area (Å²) in [6.07, 6.45) is 3.01. The van der Waals surface area contributed by atoms with Crippen LogP contribution in [0, 0.1) is 0 Å². The van der Waals surface area contributed by atoms with Gasteiger partial charge in [0.1, 0.15) is 5.78 Å². The Bertz CT molecular complexity index is 464. The highest BCUT2D eigenvalue weighted by Crippen LogP contribution is 2.14. The van der Waals surface area contributed by atoms with Gasteiger partial charge in [-0.2, -0.15) is 0 Å². The molecule has 1 fully saturated rings. The second-order valence-electron chi connectivity index (χ2n) is 6.86. The number of unbranched alkanes of at least 4 members (excludes halogenated alkanes) is 2. The van der Waals surface area contributed by atoms with Crippen LogP contribution in [0.25, 0.3) is 0 Å². The summed E-state index contributed by atoms with van der Waals surface area (Å²) in [5.41, 5.74) is -0.145. The molecular formula is C17H27NO6. The number of imide groups is 1. The Morgan fingerprint density at radius 1 is 0.958 bits per heavy atom. The molecule has 0 aliphatic carbocycles. The Balaban J connectivity index is 2.08. The zero-order valence-corrected chi connectivity index (χ0v) is 14.8. The van der Waals surface area contributed by atoms with Gasteiger partial charge in [-0.15, -0.1) is 5.06 Å². The maximum absolute atomic E-state index is 11.7. The molecule has 7 heteroatoms. The summed E-state index contributed by atoms with van der Waals surface area (Å²) >= 11 is 0. The van der Waals surface area contributed by atoms with Gasteiger partial charge in [0.25, 0.3) is 11.8 Å². The molecule has 0 spiro atoms. The molecule has 0 atom stereocenters. The van der Waals surface area contributed by atoms with Crippen molar-refractivity contribution in [3.05, 3.63) is 0 Å². The molecule has 1 aliphatic rings. The second kappa shape index (κ2) is 9.52. The van der Waals surface area contributed by atoms with Crippen LogP contribution < -0.4 is 0 Å². The van der Waals surface area contributed by atoms with Crippen molar-refractivity contribution in [2.24, 2.45) is 0 Å². The van der Waals surface area contributed by atoms with Crippen LogP contribution >= 0.6 is 0 Å². The van der Waals surface area contributed by atoms with E-state index in [0.717, 1.165) is 19.3 Å². The maximum Gasteiger partial charge on any atom is 0.333 e. The summed E-state index contributed by atoms with van der Waals surface area (Å²) in [5.74, 6) is -1.79. The van der Waals surface area contributed by atoms with Crippen LogP contribution in [0.4, 0.5) is 0 Å². The standard InChI is InChI=1S/C17H27NO6/c1-17(2,3)23-12-6-4-5-7-13(19)8-11-16(22)24-18-14(20)9-10-15(18)21/h4-12H2,1-3H3. The molecular weight excluding hydrogens is 314 g/mol. The van der Waals surface area contributed by atoms with Crippen LogP contribution in [-0.2, 0) is 28.8 Å². The van der Waals surface area contributed by atoms with E-state index in [1.807, 2.05) is 20.8 Å². The first-order valence-corrected chi connectivity index (χ1v) is 8.41. The lowest BCUT2D eigenvalue weighted by Crippen LogP contribution is -2.32. The van der Waals surface area contributed by atoms with Gasteiger partial charge in [0.15, 0.2) is 0 Å². The highest BCUT2D eigenvalue weighted by Gasteiger charge is 2.32. The monoisotopic (exact) mass is 341 g/mol. The molecule has 0 bridgehead atoms. The number of amides is 2. The fourth-order valence-corrected chi connectivity index (χ4v) is 2.15. The lowest BCUT2D eigenvalue weighted by Gasteiger charge is -2.19. The number of ketones is 1. The average molecular weight is 341 g/mol. The highest BCUT2D eigenvalue weighted by molar-refractivity contribution is 6.01. The molecule has 0 unspecified atom stereocenters. The van der Waals surface area contributed by atoms with E-state index in [4.69, 9.17) is 9.57 Å². The van der Waals surface area contributed by atoms with Crippen LogP contribution in [0.3, 0.4) is 0 Å². The SMILES string of the molecule is CC(C)(C)OCCCCCC(=O)CCC(=O)ON1C(=O)CCC1=O. The first-order valence-electron chi connectivity index (χ1n) is 8.41. The van der Waals surface area contributed by atoms with E-state index in [2.05, 4.69) is 0 Å². The Hall–Kier alpha value is -1.76. The summed E-state index contributed by atoms with van der Waals surface area (Å²) in [6, 6.07) is 0. The van der Waals surface area contributed by atoms with Crippen molar-refractivity contribution in [1.82, 2.24) is 5.06 Å². The molecule has 1 aliphatic heterocycles. The van der Waals surface area contributed by atoms with Gasteiger partial charge in [-0.1, -0.05) is 6.42 Å². The first kappa shape index (κ1) is 20.3. The van der Waals surface area contributed by atoms with E-state index < -0.39 is 17.8 Å². The van der Waals surface area contributed by atoms with Crippen molar-refractivity contribution in [2.45, 2.75) is 77.7 Å². The fourth-order valence-electron chi connectivity index (χ4n) is 2.15. The van der Waals surface area contributed by atoms with E-state index in [-0.39, 0.29) is 37.1 Å². The molecule has 0 aromatic rings. The number of Topliss-reactive ketones (excluding diaryl/α,β-unsaturated/α-hetero) is 1. The average Bonchev–Trinajstić information content (AvgIpc) is 2.79. The molecule has 0 saturated carbocycles. The van der Waals surface area contributed by atoms with Gasteiger partial charge in [0, 0.05) is 32.3 Å². The van der Waals surface area contributed by atoms with Gasteiger partial charge >= 0.3 is 5.97 Å². The zero-order chi connectivity index (χ0) is 18.2. The number of ether oxygens (including phenoxy) is 1. The topological polar surface area (TPSA) is 90.0 Å². The molecule has 0 aromatic heterocycles. The number of hydroxylamine groups is 2. The first-order chi connectivity index (χ1) is 11.2. The van der Waals surface area contributed by atoms with E-state index in [1.165, 1.54) is 0 Å². The van der Waals surface area contributed by atoms with E-state index in [0.29, 0.717) is 18.1 Å². The molecule has 1 heterocycles. The minimum Gasteiger partial charge on any atom is -0.376 e. The number of carbonyl (C=O) groups is 4. The molecule has 7 nitrogen and oxygen atoms in total. The van der Waals surface area contributed by atoms with E-state index in [1.54, 1.807) is 0 Å². The highest BCUT2D eigenvalue weighted by atomic mass is 16.7. The van der Waals surface area contributed by atoms with E-state index >= 15 is 0 Å². The summed E-state index contributed by atoms with van der Waals surface area (Å²) < 4.78 is 5.59. The summed E-state index contributed by atoms with van der Waals surface area (Å²) in [6.45, 7) is 6.67. The Labute approximate surface area is 142 Å². The second-order valence-corrected chi connectivity index (χ2v) is 6.86. The molecule has 0 aromatic carbocycles. The third kappa shape index (κ3) is 8.19. The van der Waals surface area contributed by atoms with Crippen molar-refractivity contribution in [3.8, 4) is 0 Å². The maximum atomic E-state index is 11.7. The van der Waals surface area contributed by atoms with Gasteiger partial charge < -0.3 is 9.57 Å². The number of rotatable bonds is 10. The van der Waals surface area contributed by atoms with Gasteiger partial charge in [0.05, 0.1) is 12.0 Å². The molecule has 1 rings (SSSR count). The molecule has 1 saturated heterocycles. The lowest BCUT2D eigenvalue weighted by atomic mass is 10.1. The zero-order valence-electron chi connectivity index (χ0n) is 14.8. The third-order valence-corrected chi connectivity index (χ3v) is 3.44. The van der Waals surface area contributed by atoms with Gasteiger partial charge in [-0.3, -0.25) is 14.4 Å². The van der Waals surface area contributed by atoms with Crippen LogP contribution in [-0.4, -0.2) is 40.8 Å². The van der Waals surface area contributed by atoms with Crippen LogP contribution in [0.1, 0.15) is 72.1 Å². The predicted octanol–water partition coefficient (Wildman–Crippen LogP) is 2.32. The van der Waals surface area contributed by atoms with Crippen molar-refractivity contribution < 1.29 is 28.8 Å². The molecule has 0 N–H and O–H groups in total. The molecule has 0 radical (unpaired) electrons. The van der Waals surface area contributed by atoms with Crippen molar-refractivity contribution in [3.63, 3.8) is 0 Å². The van der Waals surface area contributed by atoms with Crippen LogP contribution in [0.15, 0.2) is 0 Å². The smallest absolute Gasteiger partial charge is 0.333 e. The molecule has 2 amide bonds. The number of hydrogen-bond acceptors (Lipinski definition) is 6. The third-order valence-electron chi connectivity index (χ3n) is 3.44. The van der Waals surface area contributed by atoms with Crippen LogP contribution in [0.2, 0.25) is 0 Å². The van der Waals surface area contributed by atoms with Gasteiger partial charge in [-0.05, 0) is 33.6 Å². The predicted molar refractivity (Wildman–Crippen MR) is 85.6 cm³/mol. The van der Waals surface area contributed by atoms with Gasteiger partial charge in [-0.25, -0.2) is 4.79 Å². The van der Waals surface area contributed by atoms with Crippen LogP contribution in [0.5, 0.6) is 0 Å². The normalized spacial score (nSPS) is 15.0. The molecule has 24 heavy (non-hydrogen) atoms. The molecule has 136 valence electrons. The number of hydrogen-bond donors (Lipinski definition) is 0. The van der Waals surface area contributed by atoms with Gasteiger partial charge in [0.2, 0.25) is 0 Å². The lowest BCUT2D eigenvalue weighted by molar-refractivity contribution is -0.197. The van der Waals surface area contributed by atoms with E-state index in [9.17, 15) is 19.2 Å². The summed E-state index contributed by atoms with van der Waals surface area (Å²) in [4.78, 5) is 50.6. The Kier molecular flexibility index (Phi) is 8.04.